The third-order valence-electron chi connectivity index (χ3n) is 4.76. The number of nitrogens with one attached hydrogen (secondary N) is 1. The van der Waals surface area contributed by atoms with Gasteiger partial charge in [-0.3, -0.25) is 4.79 Å². The lowest BCUT2D eigenvalue weighted by Gasteiger charge is -2.11. The molecule has 1 heterocycles. The van der Waals surface area contributed by atoms with Crippen LogP contribution in [-0.4, -0.2) is 36.1 Å². The lowest BCUT2D eigenvalue weighted by molar-refractivity contribution is -0.113. The van der Waals surface area contributed by atoms with Crippen LogP contribution >= 0.6 is 11.8 Å². The number of nitrogens with zero attached hydrogens (tertiary/aromatic N) is 2. The van der Waals surface area contributed by atoms with E-state index < -0.39 is 10.0 Å². The SMILES string of the molecule is COc1ccccc1NC(=O)CSc1nc2ccccc2n1S(=O)(=O)c1ccc(C)cc1. The van der Waals surface area contributed by atoms with Crippen molar-refractivity contribution in [2.75, 3.05) is 18.2 Å². The highest BCUT2D eigenvalue weighted by atomic mass is 32.2. The Bertz CT molecular complexity index is 1380. The zero-order valence-corrected chi connectivity index (χ0v) is 19.1. The summed E-state index contributed by atoms with van der Waals surface area (Å²) in [5.74, 6) is 0.219. The van der Waals surface area contributed by atoms with E-state index in [1.807, 2.05) is 13.0 Å². The molecule has 7 nitrogen and oxygen atoms in total. The van der Waals surface area contributed by atoms with Gasteiger partial charge in [-0.25, -0.2) is 17.4 Å². The molecular weight excluding hydrogens is 446 g/mol. The van der Waals surface area contributed by atoms with E-state index >= 15 is 0 Å². The number of methoxy groups -OCH3 is 1. The second kappa shape index (κ2) is 9.05. The molecule has 4 rings (SSSR count). The number of carbonyl (C=O) groups is 1. The number of para-hydroxylation sites is 4. The summed E-state index contributed by atoms with van der Waals surface area (Å²) in [4.78, 5) is 17.2. The second-order valence-corrected chi connectivity index (χ2v) is 9.73. The maximum atomic E-state index is 13.5. The van der Waals surface area contributed by atoms with Gasteiger partial charge < -0.3 is 10.1 Å². The van der Waals surface area contributed by atoms with E-state index in [2.05, 4.69) is 10.3 Å². The summed E-state index contributed by atoms with van der Waals surface area (Å²) in [7, 11) is -2.38. The molecule has 9 heteroatoms. The van der Waals surface area contributed by atoms with E-state index in [1.165, 1.54) is 11.1 Å². The van der Waals surface area contributed by atoms with Crippen molar-refractivity contribution < 1.29 is 17.9 Å². The van der Waals surface area contributed by atoms with Crippen LogP contribution in [0.3, 0.4) is 0 Å². The van der Waals surface area contributed by atoms with Gasteiger partial charge in [-0.2, -0.15) is 0 Å². The molecule has 1 amide bonds. The van der Waals surface area contributed by atoms with Gasteiger partial charge in [0.1, 0.15) is 5.75 Å². The molecule has 0 bridgehead atoms. The second-order valence-electron chi connectivity index (χ2n) is 7.00. The van der Waals surface area contributed by atoms with Crippen LogP contribution in [0.15, 0.2) is 82.8 Å². The van der Waals surface area contributed by atoms with Crippen LogP contribution in [0.4, 0.5) is 5.69 Å². The standard InChI is InChI=1S/C23H21N3O4S2/c1-16-11-13-17(14-12-16)32(28,29)26-20-9-5-3-7-18(20)25-23(26)31-15-22(27)24-19-8-4-6-10-21(19)30-2/h3-14H,15H2,1-2H3,(H,24,27). The summed E-state index contributed by atoms with van der Waals surface area (Å²) < 4.78 is 33.4. The van der Waals surface area contributed by atoms with Gasteiger partial charge >= 0.3 is 0 Å². The lowest BCUT2D eigenvalue weighted by atomic mass is 10.2. The van der Waals surface area contributed by atoms with Crippen LogP contribution in [0.5, 0.6) is 5.75 Å². The normalized spacial score (nSPS) is 11.4. The van der Waals surface area contributed by atoms with E-state index in [1.54, 1.807) is 66.7 Å². The number of thioether (sulfide) groups is 1. The van der Waals surface area contributed by atoms with Crippen LogP contribution < -0.4 is 10.1 Å². The average molecular weight is 468 g/mol. The zero-order valence-electron chi connectivity index (χ0n) is 17.5. The van der Waals surface area contributed by atoms with Gasteiger partial charge in [0.15, 0.2) is 5.16 Å². The summed E-state index contributed by atoms with van der Waals surface area (Å²) in [6.45, 7) is 1.89. The smallest absolute Gasteiger partial charge is 0.270 e. The molecule has 0 unspecified atom stereocenters. The van der Waals surface area contributed by atoms with Crippen molar-refractivity contribution in [3.05, 3.63) is 78.4 Å². The summed E-state index contributed by atoms with van der Waals surface area (Å²) in [5.41, 5.74) is 2.50. The number of hydrogen-bond acceptors (Lipinski definition) is 6. The van der Waals surface area contributed by atoms with E-state index in [-0.39, 0.29) is 21.7 Å². The number of aryl methyl sites for hydroxylation is 1. The van der Waals surface area contributed by atoms with Gasteiger partial charge in [-0.1, -0.05) is 53.7 Å². The molecule has 0 saturated carbocycles. The first-order valence-electron chi connectivity index (χ1n) is 9.75. The molecule has 0 aliphatic rings. The molecule has 3 aromatic carbocycles. The van der Waals surface area contributed by atoms with Crippen molar-refractivity contribution in [2.45, 2.75) is 17.0 Å². The van der Waals surface area contributed by atoms with E-state index in [9.17, 15) is 13.2 Å². The fourth-order valence-corrected chi connectivity index (χ4v) is 5.70. The quantitative estimate of drug-likeness (QED) is 0.407. The van der Waals surface area contributed by atoms with Crippen LogP contribution in [0.1, 0.15) is 5.56 Å². The molecule has 1 N–H and O–H groups in total. The molecule has 0 atom stereocenters. The first kappa shape index (κ1) is 21.9. The number of aromatic nitrogens is 2. The number of ether oxygens (including phenoxy) is 1. The van der Waals surface area contributed by atoms with Gasteiger partial charge in [-0.05, 0) is 43.3 Å². The predicted octanol–water partition coefficient (Wildman–Crippen LogP) is 4.32. The Morgan fingerprint density at radius 2 is 1.72 bits per heavy atom. The monoisotopic (exact) mass is 467 g/mol. The first-order valence-corrected chi connectivity index (χ1v) is 12.2. The molecule has 164 valence electrons. The van der Waals surface area contributed by atoms with Crippen LogP contribution in [-0.2, 0) is 14.8 Å². The van der Waals surface area contributed by atoms with Gasteiger partial charge in [0, 0.05) is 0 Å². The molecule has 0 aliphatic heterocycles. The summed E-state index contributed by atoms with van der Waals surface area (Å²) >= 11 is 1.06. The van der Waals surface area contributed by atoms with Crippen molar-refractivity contribution in [1.82, 2.24) is 8.96 Å². The van der Waals surface area contributed by atoms with Crippen LogP contribution in [0.25, 0.3) is 11.0 Å². The van der Waals surface area contributed by atoms with Crippen LogP contribution in [0, 0.1) is 6.92 Å². The Morgan fingerprint density at radius 1 is 1.03 bits per heavy atom. The highest BCUT2D eigenvalue weighted by Gasteiger charge is 2.25. The van der Waals surface area contributed by atoms with Crippen molar-refractivity contribution in [2.24, 2.45) is 0 Å². The third-order valence-corrected chi connectivity index (χ3v) is 7.54. The Labute approximate surface area is 190 Å². The van der Waals surface area contributed by atoms with Crippen molar-refractivity contribution in [3.63, 3.8) is 0 Å². The summed E-state index contributed by atoms with van der Waals surface area (Å²) in [5, 5.41) is 3.01. The minimum Gasteiger partial charge on any atom is -0.495 e. The first-order chi connectivity index (χ1) is 15.4. The van der Waals surface area contributed by atoms with Gasteiger partial charge in [0.2, 0.25) is 5.91 Å². The number of imidazole rings is 1. The highest BCUT2D eigenvalue weighted by molar-refractivity contribution is 8.00. The molecule has 0 spiro atoms. The van der Waals surface area contributed by atoms with Crippen molar-refractivity contribution >= 4 is 44.4 Å². The Morgan fingerprint density at radius 3 is 2.47 bits per heavy atom. The average Bonchev–Trinajstić information content (AvgIpc) is 3.17. The fourth-order valence-electron chi connectivity index (χ4n) is 3.19. The van der Waals surface area contributed by atoms with E-state index in [0.717, 1.165) is 17.3 Å². The third kappa shape index (κ3) is 4.35. The zero-order chi connectivity index (χ0) is 22.7. The molecule has 32 heavy (non-hydrogen) atoms. The minimum atomic E-state index is -3.91. The maximum absolute atomic E-state index is 13.5. The van der Waals surface area contributed by atoms with Crippen molar-refractivity contribution in [3.8, 4) is 5.75 Å². The Hall–Kier alpha value is -3.30. The number of amides is 1. The summed E-state index contributed by atoms with van der Waals surface area (Å²) in [6, 6.07) is 20.7. The maximum Gasteiger partial charge on any atom is 0.270 e. The lowest BCUT2D eigenvalue weighted by Crippen LogP contribution is -2.17. The minimum absolute atomic E-state index is 0.0230. The number of hydrogen-bond donors (Lipinski definition) is 1. The molecule has 1 aromatic heterocycles. The molecular formula is C23H21N3O4S2. The molecule has 0 fully saturated rings. The number of fused-ring (bicyclic) bond motifs is 1. The van der Waals surface area contributed by atoms with Gasteiger partial charge in [0.05, 0.1) is 34.5 Å². The topological polar surface area (TPSA) is 90.3 Å². The number of rotatable bonds is 7. The Balaban J connectivity index is 1.65. The fraction of sp³-hybridized carbons (Fsp3) is 0.130. The number of benzene rings is 3. The van der Waals surface area contributed by atoms with Crippen molar-refractivity contribution in [1.29, 1.82) is 0 Å². The largest absolute Gasteiger partial charge is 0.495 e. The van der Waals surface area contributed by atoms with Gasteiger partial charge in [-0.15, -0.1) is 0 Å². The summed E-state index contributed by atoms with van der Waals surface area (Å²) in [6.07, 6.45) is 0. The number of anilines is 1. The highest BCUT2D eigenvalue weighted by Crippen LogP contribution is 2.30. The van der Waals surface area contributed by atoms with Crippen LogP contribution in [0.2, 0.25) is 0 Å². The van der Waals surface area contributed by atoms with E-state index in [4.69, 9.17) is 4.74 Å². The van der Waals surface area contributed by atoms with Gasteiger partial charge in [0.25, 0.3) is 10.0 Å². The molecule has 0 radical (unpaired) electrons. The predicted molar refractivity (Wildman–Crippen MR) is 126 cm³/mol. The molecule has 0 saturated heterocycles. The Kier molecular flexibility index (Phi) is 6.20. The number of carbonyl (C=O) groups excluding carboxylic acids is 1. The molecule has 4 aromatic rings. The molecule has 0 aliphatic carbocycles. The van der Waals surface area contributed by atoms with E-state index in [0.29, 0.717) is 22.5 Å².